The van der Waals surface area contributed by atoms with Gasteiger partial charge in [-0.25, -0.2) is 9.97 Å². The topological polar surface area (TPSA) is 43.9 Å². The second kappa shape index (κ2) is 10.5. The van der Waals surface area contributed by atoms with Crippen LogP contribution in [0.1, 0.15) is 0 Å². The third kappa shape index (κ3) is 4.16. The van der Waals surface area contributed by atoms with E-state index in [2.05, 4.69) is 156 Å². The van der Waals surface area contributed by atoms with E-state index in [1.54, 1.807) is 0 Å². The second-order valence-corrected chi connectivity index (χ2v) is 12.3. The number of furan rings is 1. The van der Waals surface area contributed by atoms with Crippen LogP contribution >= 0.6 is 0 Å². The summed E-state index contributed by atoms with van der Waals surface area (Å²) < 4.78 is 8.72. The van der Waals surface area contributed by atoms with Crippen LogP contribution in [0.15, 0.2) is 168 Å². The Bertz CT molecular complexity index is 2760. The van der Waals surface area contributed by atoms with Gasteiger partial charge in [-0.2, -0.15) is 0 Å². The molecule has 7 aromatic carbocycles. The maximum Gasteiger partial charge on any atom is 0.234 e. The first kappa shape index (κ1) is 26.7. The molecular weight excluding hydrogens is 587 g/mol. The lowest BCUT2D eigenvalue weighted by Crippen LogP contribution is -2.00. The van der Waals surface area contributed by atoms with E-state index in [1.807, 2.05) is 12.4 Å². The predicted octanol–water partition coefficient (Wildman–Crippen LogP) is 11.6. The highest BCUT2D eigenvalue weighted by molar-refractivity contribution is 6.20. The molecule has 0 aliphatic heterocycles. The standard InChI is InChI=1S/C44H27N3O/c1-3-11-28(12-4-1)31-21-32(29-13-5-2-6-14-29)23-33(22-31)34-26-45-44(46-27-34)47-40-18-10-9-17-36(40)38-25-42-39(24-41(38)47)37-20-19-30-15-7-8-16-35(30)43(37)48-42/h1-27H. The lowest BCUT2D eigenvalue weighted by atomic mass is 9.94. The van der Waals surface area contributed by atoms with Crippen LogP contribution in [0, 0.1) is 0 Å². The third-order valence-electron chi connectivity index (χ3n) is 9.47. The van der Waals surface area contributed by atoms with Gasteiger partial charge < -0.3 is 4.42 Å². The zero-order valence-corrected chi connectivity index (χ0v) is 25.8. The normalized spacial score (nSPS) is 11.8. The van der Waals surface area contributed by atoms with Crippen molar-refractivity contribution in [3.05, 3.63) is 164 Å². The van der Waals surface area contributed by atoms with Gasteiger partial charge in [-0.05, 0) is 75.7 Å². The summed E-state index contributed by atoms with van der Waals surface area (Å²) >= 11 is 0. The molecule has 48 heavy (non-hydrogen) atoms. The minimum absolute atomic E-state index is 0.630. The Morgan fingerprint density at radius 3 is 1.71 bits per heavy atom. The fourth-order valence-electron chi connectivity index (χ4n) is 7.16. The third-order valence-corrected chi connectivity index (χ3v) is 9.47. The first-order valence-corrected chi connectivity index (χ1v) is 16.1. The summed E-state index contributed by atoms with van der Waals surface area (Å²) in [6.07, 6.45) is 3.89. The first-order valence-electron chi connectivity index (χ1n) is 16.1. The Kier molecular flexibility index (Phi) is 5.84. The van der Waals surface area contributed by atoms with Gasteiger partial charge >= 0.3 is 0 Å². The van der Waals surface area contributed by atoms with Crippen LogP contribution < -0.4 is 0 Å². The van der Waals surface area contributed by atoms with E-state index in [1.165, 1.54) is 16.5 Å². The maximum atomic E-state index is 6.55. The highest BCUT2D eigenvalue weighted by atomic mass is 16.3. The highest BCUT2D eigenvalue weighted by Crippen LogP contribution is 2.40. The van der Waals surface area contributed by atoms with Crippen molar-refractivity contribution in [2.75, 3.05) is 0 Å². The molecule has 224 valence electrons. The number of hydrogen-bond acceptors (Lipinski definition) is 3. The largest absolute Gasteiger partial charge is 0.455 e. The second-order valence-electron chi connectivity index (χ2n) is 12.3. The molecule has 0 aliphatic carbocycles. The number of aromatic nitrogens is 3. The molecular formula is C44H27N3O. The number of hydrogen-bond donors (Lipinski definition) is 0. The van der Waals surface area contributed by atoms with Crippen LogP contribution in [0.25, 0.3) is 93.8 Å². The molecule has 3 aromatic heterocycles. The molecule has 0 saturated carbocycles. The van der Waals surface area contributed by atoms with E-state index in [0.29, 0.717) is 5.95 Å². The van der Waals surface area contributed by atoms with E-state index in [-0.39, 0.29) is 0 Å². The van der Waals surface area contributed by atoms with Gasteiger partial charge in [0, 0.05) is 44.9 Å². The van der Waals surface area contributed by atoms with Crippen molar-refractivity contribution in [2.45, 2.75) is 0 Å². The molecule has 0 fully saturated rings. The Morgan fingerprint density at radius 1 is 0.396 bits per heavy atom. The average molecular weight is 614 g/mol. The van der Waals surface area contributed by atoms with Crippen LogP contribution in [-0.2, 0) is 0 Å². The summed E-state index contributed by atoms with van der Waals surface area (Å²) in [6.45, 7) is 0. The molecule has 0 unspecified atom stereocenters. The van der Waals surface area contributed by atoms with Gasteiger partial charge in [0.15, 0.2) is 0 Å². The monoisotopic (exact) mass is 613 g/mol. The minimum Gasteiger partial charge on any atom is -0.455 e. The van der Waals surface area contributed by atoms with E-state index in [9.17, 15) is 0 Å². The summed E-state index contributed by atoms with van der Waals surface area (Å²) in [5, 5.41) is 6.71. The maximum absolute atomic E-state index is 6.55. The smallest absolute Gasteiger partial charge is 0.234 e. The zero-order valence-electron chi connectivity index (χ0n) is 25.8. The lowest BCUT2D eigenvalue weighted by molar-refractivity contribution is 0.673. The van der Waals surface area contributed by atoms with Gasteiger partial charge in [0.05, 0.1) is 11.0 Å². The van der Waals surface area contributed by atoms with E-state index < -0.39 is 0 Å². The van der Waals surface area contributed by atoms with Crippen molar-refractivity contribution >= 4 is 54.5 Å². The van der Waals surface area contributed by atoms with Gasteiger partial charge in [-0.3, -0.25) is 4.57 Å². The van der Waals surface area contributed by atoms with Crippen LogP contribution in [0.2, 0.25) is 0 Å². The molecule has 4 heteroatoms. The van der Waals surface area contributed by atoms with Crippen LogP contribution in [0.3, 0.4) is 0 Å². The van der Waals surface area contributed by atoms with Crippen molar-refractivity contribution in [3.63, 3.8) is 0 Å². The van der Waals surface area contributed by atoms with Gasteiger partial charge in [0.1, 0.15) is 11.2 Å². The number of fused-ring (bicyclic) bond motifs is 8. The molecule has 0 N–H and O–H groups in total. The van der Waals surface area contributed by atoms with Crippen molar-refractivity contribution in [3.8, 4) is 39.3 Å². The van der Waals surface area contributed by atoms with Crippen molar-refractivity contribution in [1.82, 2.24) is 14.5 Å². The fraction of sp³-hybridized carbons (Fsp3) is 0. The molecule has 10 rings (SSSR count). The van der Waals surface area contributed by atoms with E-state index >= 15 is 0 Å². The lowest BCUT2D eigenvalue weighted by Gasteiger charge is -2.12. The van der Waals surface area contributed by atoms with Gasteiger partial charge in [-0.15, -0.1) is 0 Å². The number of benzene rings is 7. The van der Waals surface area contributed by atoms with Gasteiger partial charge in [0.25, 0.3) is 0 Å². The van der Waals surface area contributed by atoms with Gasteiger partial charge in [-0.1, -0.05) is 109 Å². The Balaban J connectivity index is 1.15. The minimum atomic E-state index is 0.630. The van der Waals surface area contributed by atoms with E-state index in [0.717, 1.165) is 71.4 Å². The van der Waals surface area contributed by atoms with Crippen molar-refractivity contribution in [1.29, 1.82) is 0 Å². The number of nitrogens with zero attached hydrogens (tertiary/aromatic N) is 3. The zero-order chi connectivity index (χ0) is 31.6. The molecule has 0 saturated heterocycles. The van der Waals surface area contributed by atoms with E-state index in [4.69, 9.17) is 14.4 Å². The summed E-state index contributed by atoms with van der Waals surface area (Å²) in [7, 11) is 0. The van der Waals surface area contributed by atoms with Crippen molar-refractivity contribution < 1.29 is 4.42 Å². The van der Waals surface area contributed by atoms with Crippen molar-refractivity contribution in [2.24, 2.45) is 0 Å². The molecule has 10 aromatic rings. The van der Waals surface area contributed by atoms with Gasteiger partial charge in [0.2, 0.25) is 5.95 Å². The SMILES string of the molecule is c1ccc(-c2cc(-c3ccccc3)cc(-c3cnc(-n4c5ccccc5c5cc6oc7c8ccccc8ccc7c6cc54)nc3)c2)cc1. The molecule has 4 nitrogen and oxygen atoms in total. The highest BCUT2D eigenvalue weighted by Gasteiger charge is 2.18. The molecule has 0 aliphatic rings. The Morgan fingerprint density at radius 2 is 1.00 bits per heavy atom. The Hall–Kier alpha value is -6.52. The van der Waals surface area contributed by atoms with Crippen LogP contribution in [0.4, 0.5) is 0 Å². The Labute approximate surface area is 276 Å². The number of para-hydroxylation sites is 1. The molecule has 3 heterocycles. The molecule has 0 radical (unpaired) electrons. The van der Waals surface area contributed by atoms with Crippen LogP contribution in [0.5, 0.6) is 0 Å². The predicted molar refractivity (Wildman–Crippen MR) is 197 cm³/mol. The summed E-state index contributed by atoms with van der Waals surface area (Å²) in [4.78, 5) is 10.0. The molecule has 0 spiro atoms. The number of rotatable bonds is 4. The summed E-state index contributed by atoms with van der Waals surface area (Å²) in [6, 6.07) is 53.3. The summed E-state index contributed by atoms with van der Waals surface area (Å²) in [5.41, 5.74) is 10.6. The summed E-state index contributed by atoms with van der Waals surface area (Å²) in [5.74, 6) is 0.630. The fourth-order valence-corrected chi connectivity index (χ4v) is 7.16. The quantitative estimate of drug-likeness (QED) is 0.198. The average Bonchev–Trinajstić information content (AvgIpc) is 3.69. The van der Waals surface area contributed by atoms with Crippen LogP contribution in [-0.4, -0.2) is 14.5 Å². The molecule has 0 bridgehead atoms. The molecule has 0 amide bonds. The first-order chi connectivity index (χ1) is 23.8. The molecule has 0 atom stereocenters.